The first-order chi connectivity index (χ1) is 12.0. The normalized spacial score (nSPS) is 16.3. The van der Waals surface area contributed by atoms with E-state index in [2.05, 4.69) is 9.97 Å². The van der Waals surface area contributed by atoms with Crippen LogP contribution in [0.2, 0.25) is 0 Å². The summed E-state index contributed by atoms with van der Waals surface area (Å²) in [6, 6.07) is 12.5. The highest BCUT2D eigenvalue weighted by Crippen LogP contribution is 2.37. The molecule has 0 spiro atoms. The molecule has 3 aromatic rings. The first-order valence-corrected chi connectivity index (χ1v) is 7.74. The largest absolute Gasteiger partial charge is 0.381 e. The smallest absolute Gasteiger partial charge is 0.297 e. The lowest BCUT2D eigenvalue weighted by atomic mass is 9.86. The van der Waals surface area contributed by atoms with Gasteiger partial charge >= 0.3 is 0 Å². The number of anilines is 1. The maximum Gasteiger partial charge on any atom is 0.297 e. The molecule has 1 aromatic heterocycles. The fraction of sp³-hybridized carbons (Fsp3) is 0.222. The minimum Gasteiger partial charge on any atom is -0.381 e. The van der Waals surface area contributed by atoms with Crippen LogP contribution in [0.25, 0.3) is 10.9 Å². The number of rotatable bonds is 3. The molecule has 0 atom stereocenters. The Labute approximate surface area is 141 Å². The summed E-state index contributed by atoms with van der Waals surface area (Å²) in [4.78, 5) is 9.60. The molecule has 0 aliphatic carbocycles. The number of aromatic nitrogens is 2. The zero-order valence-electron chi connectivity index (χ0n) is 13.0. The number of nitrogens with zero attached hydrogens (tertiary/aromatic N) is 3. The number of hydrogen-bond donors (Lipinski definition) is 1. The second kappa shape index (κ2) is 5.70. The maximum absolute atomic E-state index is 13.1. The summed E-state index contributed by atoms with van der Waals surface area (Å²) in [7, 11) is 0. The van der Waals surface area contributed by atoms with Gasteiger partial charge in [0.1, 0.15) is 17.2 Å². The van der Waals surface area contributed by atoms with E-state index in [1.165, 1.54) is 24.3 Å². The third kappa shape index (κ3) is 2.70. The highest BCUT2D eigenvalue weighted by atomic mass is 19.3. The Kier molecular flexibility index (Phi) is 3.61. The van der Waals surface area contributed by atoms with Crippen LogP contribution in [0.15, 0.2) is 48.5 Å². The highest BCUT2D eigenvalue weighted by molar-refractivity contribution is 5.90. The van der Waals surface area contributed by atoms with Crippen LogP contribution in [-0.4, -0.2) is 28.2 Å². The second-order valence-corrected chi connectivity index (χ2v) is 6.12. The standard InChI is InChI=1S/C18H14F3N3O/c19-12-7-5-11(6-8-12)18(25)9-24(10-18)17-13-3-1-2-4-14(13)22-16(23-17)15(20)21/h1-8,15,25H,9-10H2. The molecule has 2 heterocycles. The Morgan fingerprint density at radius 2 is 1.68 bits per heavy atom. The number of halogens is 3. The number of fused-ring (bicyclic) bond motifs is 1. The monoisotopic (exact) mass is 345 g/mol. The molecule has 128 valence electrons. The third-order valence-corrected chi connectivity index (χ3v) is 4.38. The Morgan fingerprint density at radius 3 is 2.36 bits per heavy atom. The van der Waals surface area contributed by atoms with Gasteiger partial charge in [-0.15, -0.1) is 0 Å². The second-order valence-electron chi connectivity index (χ2n) is 6.12. The van der Waals surface area contributed by atoms with Crippen molar-refractivity contribution < 1.29 is 18.3 Å². The molecule has 0 amide bonds. The van der Waals surface area contributed by atoms with Crippen LogP contribution in [0.3, 0.4) is 0 Å². The van der Waals surface area contributed by atoms with Gasteiger partial charge in [-0.05, 0) is 29.8 Å². The summed E-state index contributed by atoms with van der Waals surface area (Å²) in [5.74, 6) is -0.550. The summed E-state index contributed by atoms with van der Waals surface area (Å²) < 4.78 is 39.2. The van der Waals surface area contributed by atoms with E-state index in [1.54, 1.807) is 29.2 Å². The van der Waals surface area contributed by atoms with Crippen molar-refractivity contribution in [2.45, 2.75) is 12.0 Å². The van der Waals surface area contributed by atoms with Crippen LogP contribution in [0, 0.1) is 5.82 Å². The number of aliphatic hydroxyl groups is 1. The minimum absolute atomic E-state index is 0.183. The van der Waals surface area contributed by atoms with Gasteiger partial charge in [-0.2, -0.15) is 0 Å². The van der Waals surface area contributed by atoms with Crippen LogP contribution in [0.5, 0.6) is 0 Å². The van der Waals surface area contributed by atoms with Crippen LogP contribution < -0.4 is 4.90 Å². The third-order valence-electron chi connectivity index (χ3n) is 4.38. The average molecular weight is 345 g/mol. The van der Waals surface area contributed by atoms with E-state index in [4.69, 9.17) is 0 Å². The molecule has 4 rings (SSSR count). The topological polar surface area (TPSA) is 49.2 Å². The lowest BCUT2D eigenvalue weighted by Crippen LogP contribution is -2.60. The van der Waals surface area contributed by atoms with E-state index >= 15 is 0 Å². The van der Waals surface area contributed by atoms with Gasteiger partial charge in [0.2, 0.25) is 0 Å². The molecule has 0 saturated carbocycles. The van der Waals surface area contributed by atoms with Gasteiger partial charge in [-0.1, -0.05) is 24.3 Å². The fourth-order valence-corrected chi connectivity index (χ4v) is 3.09. The number of alkyl halides is 2. The van der Waals surface area contributed by atoms with Crippen LogP contribution in [0.4, 0.5) is 19.0 Å². The molecule has 1 aliphatic heterocycles. The summed E-state index contributed by atoms with van der Waals surface area (Å²) in [5.41, 5.74) is -0.150. The van der Waals surface area contributed by atoms with E-state index in [0.29, 0.717) is 22.3 Å². The molecule has 25 heavy (non-hydrogen) atoms. The SMILES string of the molecule is OC1(c2ccc(F)cc2)CN(c2nc(C(F)F)nc3ccccc23)C1. The fourth-order valence-electron chi connectivity index (χ4n) is 3.09. The van der Waals surface area contributed by atoms with Gasteiger partial charge in [0.15, 0.2) is 5.82 Å². The maximum atomic E-state index is 13.1. The molecule has 1 aliphatic rings. The van der Waals surface area contributed by atoms with Crippen LogP contribution in [0.1, 0.15) is 17.8 Å². The minimum atomic E-state index is -2.78. The van der Waals surface area contributed by atoms with Crippen molar-refractivity contribution in [2.24, 2.45) is 0 Å². The van der Waals surface area contributed by atoms with E-state index in [0.717, 1.165) is 0 Å². The van der Waals surface area contributed by atoms with Gasteiger partial charge in [0.05, 0.1) is 18.6 Å². The molecular weight excluding hydrogens is 331 g/mol. The first kappa shape index (κ1) is 15.8. The van der Waals surface area contributed by atoms with Gasteiger partial charge in [0, 0.05) is 5.39 Å². The van der Waals surface area contributed by atoms with Crippen LogP contribution >= 0.6 is 0 Å². The lowest BCUT2D eigenvalue weighted by molar-refractivity contribution is 0.00709. The molecule has 1 saturated heterocycles. The predicted octanol–water partition coefficient (Wildman–Crippen LogP) is 3.41. The first-order valence-electron chi connectivity index (χ1n) is 7.74. The highest BCUT2D eigenvalue weighted by Gasteiger charge is 2.44. The van der Waals surface area contributed by atoms with Crippen molar-refractivity contribution in [3.63, 3.8) is 0 Å². The van der Waals surface area contributed by atoms with Gasteiger partial charge in [-0.3, -0.25) is 0 Å². The molecule has 2 aromatic carbocycles. The zero-order valence-corrected chi connectivity index (χ0v) is 13.0. The molecule has 1 fully saturated rings. The van der Waals surface area contributed by atoms with E-state index in [1.807, 2.05) is 0 Å². The summed E-state index contributed by atoms with van der Waals surface area (Å²) in [6.07, 6.45) is -2.78. The molecule has 4 nitrogen and oxygen atoms in total. The molecule has 7 heteroatoms. The number of β-amino-alcohol motifs (C(OH)–C–C–N with tert-alkyl or cyclic N) is 1. The Balaban J connectivity index is 1.68. The van der Waals surface area contributed by atoms with E-state index in [-0.39, 0.29) is 18.9 Å². The quantitative estimate of drug-likeness (QED) is 0.790. The Hall–Kier alpha value is -2.67. The molecule has 0 bridgehead atoms. The summed E-state index contributed by atoms with van der Waals surface area (Å²) >= 11 is 0. The Morgan fingerprint density at radius 1 is 1.00 bits per heavy atom. The zero-order chi connectivity index (χ0) is 17.6. The average Bonchev–Trinajstić information content (AvgIpc) is 2.58. The lowest BCUT2D eigenvalue weighted by Gasteiger charge is -2.47. The van der Waals surface area contributed by atoms with Gasteiger partial charge in [0.25, 0.3) is 6.43 Å². The van der Waals surface area contributed by atoms with Crippen molar-refractivity contribution in [2.75, 3.05) is 18.0 Å². The molecular formula is C18H14F3N3O. The van der Waals surface area contributed by atoms with Crippen molar-refractivity contribution >= 4 is 16.7 Å². The summed E-state index contributed by atoms with van der Waals surface area (Å²) in [5, 5.41) is 11.3. The molecule has 1 N–H and O–H groups in total. The van der Waals surface area contributed by atoms with Crippen LogP contribution in [-0.2, 0) is 5.60 Å². The number of benzene rings is 2. The van der Waals surface area contributed by atoms with Crippen molar-refractivity contribution in [1.82, 2.24) is 9.97 Å². The predicted molar refractivity (Wildman–Crippen MR) is 87.0 cm³/mol. The van der Waals surface area contributed by atoms with Gasteiger partial charge in [-0.25, -0.2) is 23.1 Å². The number of hydrogen-bond acceptors (Lipinski definition) is 4. The van der Waals surface area contributed by atoms with E-state index < -0.39 is 17.9 Å². The van der Waals surface area contributed by atoms with Crippen molar-refractivity contribution in [1.29, 1.82) is 0 Å². The molecule has 0 unspecified atom stereocenters. The van der Waals surface area contributed by atoms with Crippen molar-refractivity contribution in [3.05, 3.63) is 65.7 Å². The van der Waals surface area contributed by atoms with E-state index in [9.17, 15) is 18.3 Å². The van der Waals surface area contributed by atoms with Crippen molar-refractivity contribution in [3.8, 4) is 0 Å². The summed E-state index contributed by atoms with van der Waals surface area (Å²) in [6.45, 7) is 0.366. The van der Waals surface area contributed by atoms with Gasteiger partial charge < -0.3 is 10.0 Å². The number of para-hydroxylation sites is 1. The Bertz CT molecular complexity index is 925. The molecule has 0 radical (unpaired) electrons.